The fraction of sp³-hybridized carbons (Fsp3) is 0.412. The van der Waals surface area contributed by atoms with Gasteiger partial charge in [-0.05, 0) is 25.0 Å². The Labute approximate surface area is 123 Å². The van der Waals surface area contributed by atoms with E-state index in [9.17, 15) is 9.59 Å². The number of rotatable bonds is 4. The molecule has 3 atom stereocenters. The van der Waals surface area contributed by atoms with Crippen molar-refractivity contribution >= 4 is 18.0 Å². The van der Waals surface area contributed by atoms with Crippen LogP contribution in [0, 0.1) is 11.8 Å². The molecule has 1 spiro atoms. The molecule has 1 unspecified atom stereocenters. The first-order valence-corrected chi connectivity index (χ1v) is 7.28. The van der Waals surface area contributed by atoms with Crippen LogP contribution in [0.1, 0.15) is 25.0 Å². The van der Waals surface area contributed by atoms with E-state index in [2.05, 4.69) is 0 Å². The Morgan fingerprint density at radius 3 is 2.19 bits per heavy atom. The first-order chi connectivity index (χ1) is 10.2. The van der Waals surface area contributed by atoms with Crippen LogP contribution in [0.5, 0.6) is 0 Å². The van der Waals surface area contributed by atoms with Crippen molar-refractivity contribution in [3.63, 3.8) is 0 Å². The minimum absolute atomic E-state index is 0.312. The molecule has 1 aromatic rings. The van der Waals surface area contributed by atoms with Gasteiger partial charge in [0.15, 0.2) is 0 Å². The third-order valence-corrected chi connectivity index (χ3v) is 4.30. The van der Waals surface area contributed by atoms with Crippen LogP contribution in [0.3, 0.4) is 0 Å². The molecular weight excluding hydrogens is 268 g/mol. The molecule has 0 aliphatic heterocycles. The zero-order valence-corrected chi connectivity index (χ0v) is 12.2. The van der Waals surface area contributed by atoms with E-state index in [-0.39, 0.29) is 11.9 Å². The Hall–Kier alpha value is -2.10. The van der Waals surface area contributed by atoms with Gasteiger partial charge in [0.25, 0.3) is 0 Å². The molecule has 0 aromatic heterocycles. The van der Waals surface area contributed by atoms with Crippen LogP contribution in [0.25, 0.3) is 6.08 Å². The zero-order chi connectivity index (χ0) is 15.0. The lowest BCUT2D eigenvalue weighted by atomic mass is 9.94. The number of allylic oxidation sites excluding steroid dienone is 1. The van der Waals surface area contributed by atoms with Crippen molar-refractivity contribution in [1.82, 2.24) is 0 Å². The summed E-state index contributed by atoms with van der Waals surface area (Å²) in [6.45, 7) is 4.16. The van der Waals surface area contributed by atoms with Crippen LogP contribution in [0.15, 0.2) is 30.3 Å². The summed E-state index contributed by atoms with van der Waals surface area (Å²) in [7, 11) is 0. The predicted octanol–water partition coefficient (Wildman–Crippen LogP) is 2.32. The van der Waals surface area contributed by atoms with E-state index >= 15 is 0 Å². The lowest BCUT2D eigenvalue weighted by Crippen LogP contribution is -2.14. The maximum absolute atomic E-state index is 12.2. The van der Waals surface area contributed by atoms with Gasteiger partial charge in [0.05, 0.1) is 25.0 Å². The third kappa shape index (κ3) is 1.89. The smallest absolute Gasteiger partial charge is 0.311 e. The highest BCUT2D eigenvalue weighted by atomic mass is 16.5. The van der Waals surface area contributed by atoms with Gasteiger partial charge in [-0.1, -0.05) is 36.4 Å². The Kier molecular flexibility index (Phi) is 3.32. The molecule has 0 radical (unpaired) electrons. The zero-order valence-electron chi connectivity index (χ0n) is 12.2. The van der Waals surface area contributed by atoms with E-state index in [0.29, 0.717) is 13.2 Å². The first-order valence-electron chi connectivity index (χ1n) is 7.28. The van der Waals surface area contributed by atoms with Crippen molar-refractivity contribution in [2.75, 3.05) is 13.2 Å². The van der Waals surface area contributed by atoms with Gasteiger partial charge < -0.3 is 9.47 Å². The highest BCUT2D eigenvalue weighted by Gasteiger charge is 2.73. The first kappa shape index (κ1) is 13.9. The molecule has 1 aromatic carbocycles. The lowest BCUT2D eigenvalue weighted by molar-refractivity contribution is -0.150. The largest absolute Gasteiger partial charge is 0.466 e. The fourth-order valence-electron chi connectivity index (χ4n) is 3.43. The molecule has 110 valence electrons. The number of benzene rings is 1. The minimum atomic E-state index is -0.574. The van der Waals surface area contributed by atoms with Crippen LogP contribution >= 0.6 is 0 Å². The Morgan fingerprint density at radius 1 is 1.05 bits per heavy atom. The van der Waals surface area contributed by atoms with Gasteiger partial charge in [-0.15, -0.1) is 0 Å². The lowest BCUT2D eigenvalue weighted by Gasteiger charge is -2.11. The molecule has 0 bridgehead atoms. The van der Waals surface area contributed by atoms with Gasteiger partial charge in [-0.25, -0.2) is 0 Å². The molecule has 2 aliphatic rings. The molecular formula is C17H18O4. The molecule has 0 heterocycles. The summed E-state index contributed by atoms with van der Waals surface area (Å²) in [5.74, 6) is -1.60. The standard InChI is InChI=1S/C17H18O4/c1-3-20-15(18)13-14(16(19)21-4-2)17(13)10-9-11-7-5-6-8-12(11)17/h5-10,13-14H,3-4H2,1-2H3/t13-,14+,17?. The average Bonchev–Trinajstić information content (AvgIpc) is 3.01. The third-order valence-electron chi connectivity index (χ3n) is 4.30. The summed E-state index contributed by atoms with van der Waals surface area (Å²) < 4.78 is 10.3. The molecule has 0 amide bonds. The summed E-state index contributed by atoms with van der Waals surface area (Å²) in [6, 6.07) is 7.84. The van der Waals surface area contributed by atoms with E-state index in [1.165, 1.54) is 0 Å². The number of carbonyl (C=O) groups is 2. The van der Waals surface area contributed by atoms with Crippen molar-refractivity contribution in [2.24, 2.45) is 11.8 Å². The molecule has 4 heteroatoms. The Bertz CT molecular complexity index is 593. The number of hydrogen-bond donors (Lipinski definition) is 0. The molecule has 3 rings (SSSR count). The summed E-state index contributed by atoms with van der Waals surface area (Å²) >= 11 is 0. The summed E-state index contributed by atoms with van der Waals surface area (Å²) in [5, 5.41) is 0. The van der Waals surface area contributed by atoms with Crippen LogP contribution in [0.4, 0.5) is 0 Å². The predicted molar refractivity (Wildman–Crippen MR) is 77.4 cm³/mol. The van der Waals surface area contributed by atoms with Crippen LogP contribution in [-0.2, 0) is 24.5 Å². The number of fused-ring (bicyclic) bond motifs is 2. The van der Waals surface area contributed by atoms with Gasteiger partial charge in [0, 0.05) is 5.41 Å². The van der Waals surface area contributed by atoms with Gasteiger partial charge >= 0.3 is 11.9 Å². The highest BCUT2D eigenvalue weighted by molar-refractivity contribution is 5.96. The van der Waals surface area contributed by atoms with Gasteiger partial charge in [-0.3, -0.25) is 9.59 Å². The van der Waals surface area contributed by atoms with Crippen molar-refractivity contribution < 1.29 is 19.1 Å². The monoisotopic (exact) mass is 286 g/mol. The van der Waals surface area contributed by atoms with E-state index in [1.807, 2.05) is 36.4 Å². The number of ether oxygens (including phenoxy) is 2. The molecule has 0 N–H and O–H groups in total. The van der Waals surface area contributed by atoms with E-state index in [4.69, 9.17) is 9.47 Å². The molecule has 2 aliphatic carbocycles. The number of hydrogen-bond acceptors (Lipinski definition) is 4. The molecule has 0 saturated heterocycles. The highest BCUT2D eigenvalue weighted by Crippen LogP contribution is 2.65. The van der Waals surface area contributed by atoms with Gasteiger partial charge in [0.1, 0.15) is 0 Å². The van der Waals surface area contributed by atoms with Crippen molar-refractivity contribution in [1.29, 1.82) is 0 Å². The second kappa shape index (κ2) is 5.02. The SMILES string of the molecule is CCOC(=O)[C@@H]1[C@H](C(=O)OCC)C12C=Cc1ccccc12. The maximum Gasteiger partial charge on any atom is 0.311 e. The van der Waals surface area contributed by atoms with Gasteiger partial charge in [0.2, 0.25) is 0 Å². The number of esters is 2. The van der Waals surface area contributed by atoms with Crippen molar-refractivity contribution in [3.05, 3.63) is 41.5 Å². The Balaban J connectivity index is 1.98. The maximum atomic E-state index is 12.2. The van der Waals surface area contributed by atoms with Crippen LogP contribution < -0.4 is 0 Å². The second-order valence-corrected chi connectivity index (χ2v) is 5.31. The van der Waals surface area contributed by atoms with Crippen molar-refractivity contribution in [3.8, 4) is 0 Å². The van der Waals surface area contributed by atoms with Crippen LogP contribution in [-0.4, -0.2) is 25.2 Å². The Morgan fingerprint density at radius 2 is 1.62 bits per heavy atom. The normalized spacial score (nSPS) is 28.3. The molecule has 1 saturated carbocycles. The molecule has 21 heavy (non-hydrogen) atoms. The van der Waals surface area contributed by atoms with E-state index in [0.717, 1.165) is 11.1 Å². The van der Waals surface area contributed by atoms with Crippen molar-refractivity contribution in [2.45, 2.75) is 19.3 Å². The van der Waals surface area contributed by atoms with E-state index in [1.54, 1.807) is 13.8 Å². The van der Waals surface area contributed by atoms with Crippen LogP contribution in [0.2, 0.25) is 0 Å². The fourth-order valence-corrected chi connectivity index (χ4v) is 3.43. The quantitative estimate of drug-likeness (QED) is 0.797. The van der Waals surface area contributed by atoms with Gasteiger partial charge in [-0.2, -0.15) is 0 Å². The average molecular weight is 286 g/mol. The van der Waals surface area contributed by atoms with E-state index < -0.39 is 17.3 Å². The summed E-state index contributed by atoms with van der Waals surface area (Å²) in [4.78, 5) is 24.5. The minimum Gasteiger partial charge on any atom is -0.466 e. The molecule has 1 fully saturated rings. The second-order valence-electron chi connectivity index (χ2n) is 5.31. The molecule has 4 nitrogen and oxygen atoms in total. The topological polar surface area (TPSA) is 52.6 Å². The summed E-state index contributed by atoms with van der Waals surface area (Å²) in [6.07, 6.45) is 3.93. The number of carbonyl (C=O) groups excluding carboxylic acids is 2. The summed E-state index contributed by atoms with van der Waals surface area (Å²) in [5.41, 5.74) is 1.49.